The van der Waals surface area contributed by atoms with E-state index < -0.39 is 0 Å². The van der Waals surface area contributed by atoms with Crippen LogP contribution in [0.2, 0.25) is 0 Å². The Balaban J connectivity index is 1.37. The number of aryl methyl sites for hydroxylation is 1. The highest BCUT2D eigenvalue weighted by Gasteiger charge is 2.49. The molecule has 1 atom stereocenters. The van der Waals surface area contributed by atoms with Gasteiger partial charge in [-0.3, -0.25) is 14.6 Å². The molecule has 29 heavy (non-hydrogen) atoms. The Hall–Kier alpha value is -3.21. The van der Waals surface area contributed by atoms with Gasteiger partial charge < -0.3 is 9.80 Å². The second-order valence-electron chi connectivity index (χ2n) is 8.35. The second kappa shape index (κ2) is 6.69. The first kappa shape index (κ1) is 17.9. The molecule has 0 aliphatic carbocycles. The van der Waals surface area contributed by atoms with E-state index in [4.69, 9.17) is 0 Å². The molecular formula is C24H23N3O2. The SMILES string of the molecule is Cc1ccc(N2C[C@]3(CCN(C(=O)c4cccc5cccnc45)C3)CC2=O)cc1. The van der Waals surface area contributed by atoms with E-state index in [1.807, 2.05) is 71.3 Å². The molecule has 3 aromatic rings. The topological polar surface area (TPSA) is 53.5 Å². The van der Waals surface area contributed by atoms with Crippen LogP contribution in [-0.2, 0) is 4.79 Å². The maximum Gasteiger partial charge on any atom is 0.256 e. The van der Waals surface area contributed by atoms with Gasteiger partial charge in [-0.15, -0.1) is 0 Å². The third-order valence-corrected chi connectivity index (χ3v) is 6.26. The quantitative estimate of drug-likeness (QED) is 0.674. The highest BCUT2D eigenvalue weighted by atomic mass is 16.2. The predicted octanol–water partition coefficient (Wildman–Crippen LogP) is 3.81. The summed E-state index contributed by atoms with van der Waals surface area (Å²) in [5.41, 5.74) is 3.34. The van der Waals surface area contributed by atoms with Crippen LogP contribution in [0.4, 0.5) is 5.69 Å². The van der Waals surface area contributed by atoms with Crippen molar-refractivity contribution in [2.75, 3.05) is 24.5 Å². The minimum atomic E-state index is -0.157. The molecule has 2 aliphatic heterocycles. The van der Waals surface area contributed by atoms with Gasteiger partial charge in [-0.05, 0) is 37.6 Å². The minimum absolute atomic E-state index is 0.00686. The summed E-state index contributed by atoms with van der Waals surface area (Å²) in [6, 6.07) is 17.7. The summed E-state index contributed by atoms with van der Waals surface area (Å²) in [6.07, 6.45) is 3.07. The van der Waals surface area contributed by atoms with E-state index in [2.05, 4.69) is 4.98 Å². The maximum absolute atomic E-state index is 13.3. The predicted molar refractivity (Wildman–Crippen MR) is 113 cm³/mol. The number of amides is 2. The van der Waals surface area contributed by atoms with E-state index in [1.54, 1.807) is 6.20 Å². The van der Waals surface area contributed by atoms with Crippen LogP contribution in [0.15, 0.2) is 60.8 Å². The van der Waals surface area contributed by atoms with Gasteiger partial charge in [0, 0.05) is 48.7 Å². The lowest BCUT2D eigenvalue weighted by molar-refractivity contribution is -0.117. The fourth-order valence-electron chi connectivity index (χ4n) is 4.68. The van der Waals surface area contributed by atoms with Crippen LogP contribution in [0.3, 0.4) is 0 Å². The van der Waals surface area contributed by atoms with E-state index in [9.17, 15) is 9.59 Å². The number of para-hydroxylation sites is 1. The molecule has 1 aromatic heterocycles. The number of pyridine rings is 1. The molecule has 5 rings (SSSR count). The van der Waals surface area contributed by atoms with Crippen molar-refractivity contribution >= 4 is 28.4 Å². The smallest absolute Gasteiger partial charge is 0.256 e. The van der Waals surface area contributed by atoms with Crippen LogP contribution in [0.25, 0.3) is 10.9 Å². The number of likely N-dealkylation sites (tertiary alicyclic amines) is 1. The van der Waals surface area contributed by atoms with Crippen molar-refractivity contribution < 1.29 is 9.59 Å². The molecule has 1 spiro atoms. The van der Waals surface area contributed by atoms with E-state index in [0.29, 0.717) is 31.6 Å². The lowest BCUT2D eigenvalue weighted by Crippen LogP contribution is -2.34. The first-order chi connectivity index (χ1) is 14.0. The van der Waals surface area contributed by atoms with Crippen molar-refractivity contribution in [2.45, 2.75) is 19.8 Å². The summed E-state index contributed by atoms with van der Waals surface area (Å²) >= 11 is 0. The van der Waals surface area contributed by atoms with Gasteiger partial charge in [0.25, 0.3) is 5.91 Å². The Morgan fingerprint density at radius 1 is 1.03 bits per heavy atom. The fraction of sp³-hybridized carbons (Fsp3) is 0.292. The number of rotatable bonds is 2. The number of hydrogen-bond acceptors (Lipinski definition) is 3. The Labute approximate surface area is 170 Å². The second-order valence-corrected chi connectivity index (χ2v) is 8.35. The fourth-order valence-corrected chi connectivity index (χ4v) is 4.68. The number of fused-ring (bicyclic) bond motifs is 1. The Morgan fingerprint density at radius 2 is 1.83 bits per heavy atom. The molecule has 2 fully saturated rings. The normalized spacial score (nSPS) is 21.5. The van der Waals surface area contributed by atoms with Crippen molar-refractivity contribution in [3.8, 4) is 0 Å². The highest BCUT2D eigenvalue weighted by Crippen LogP contribution is 2.42. The number of aromatic nitrogens is 1. The molecule has 3 heterocycles. The zero-order valence-electron chi connectivity index (χ0n) is 16.5. The maximum atomic E-state index is 13.3. The van der Waals surface area contributed by atoms with E-state index in [-0.39, 0.29) is 17.2 Å². The van der Waals surface area contributed by atoms with Gasteiger partial charge in [-0.2, -0.15) is 0 Å². The summed E-state index contributed by atoms with van der Waals surface area (Å²) < 4.78 is 0. The lowest BCUT2D eigenvalue weighted by atomic mass is 9.86. The molecular weight excluding hydrogens is 362 g/mol. The van der Waals surface area contributed by atoms with Gasteiger partial charge in [0.15, 0.2) is 0 Å². The van der Waals surface area contributed by atoms with Crippen molar-refractivity contribution in [1.82, 2.24) is 9.88 Å². The van der Waals surface area contributed by atoms with Crippen LogP contribution in [-0.4, -0.2) is 41.3 Å². The van der Waals surface area contributed by atoms with Gasteiger partial charge in [0.05, 0.1) is 11.1 Å². The average Bonchev–Trinajstić information content (AvgIpc) is 3.30. The lowest BCUT2D eigenvalue weighted by Gasteiger charge is -2.24. The van der Waals surface area contributed by atoms with Gasteiger partial charge >= 0.3 is 0 Å². The highest BCUT2D eigenvalue weighted by molar-refractivity contribution is 6.05. The van der Waals surface area contributed by atoms with Crippen LogP contribution >= 0.6 is 0 Å². The van der Waals surface area contributed by atoms with Crippen LogP contribution < -0.4 is 4.90 Å². The molecule has 146 valence electrons. The minimum Gasteiger partial charge on any atom is -0.338 e. The number of anilines is 1. The molecule has 5 nitrogen and oxygen atoms in total. The molecule has 0 bridgehead atoms. The molecule has 5 heteroatoms. The standard InChI is InChI=1S/C24H23N3O2/c1-17-7-9-19(10-8-17)27-16-24(14-21(27)28)11-13-26(15-24)23(29)20-6-2-4-18-5-3-12-25-22(18)20/h2-10,12H,11,13-16H2,1H3/t24-/m1/s1. The Kier molecular flexibility index (Phi) is 4.12. The number of carbonyl (C=O) groups excluding carboxylic acids is 2. The van der Waals surface area contributed by atoms with Gasteiger partial charge in [-0.1, -0.05) is 35.9 Å². The van der Waals surface area contributed by atoms with Gasteiger partial charge in [-0.25, -0.2) is 0 Å². The largest absolute Gasteiger partial charge is 0.338 e. The summed E-state index contributed by atoms with van der Waals surface area (Å²) in [7, 11) is 0. The Morgan fingerprint density at radius 3 is 2.66 bits per heavy atom. The van der Waals surface area contributed by atoms with E-state index in [0.717, 1.165) is 23.0 Å². The van der Waals surface area contributed by atoms with Gasteiger partial charge in [0.1, 0.15) is 0 Å². The van der Waals surface area contributed by atoms with Crippen LogP contribution in [0.5, 0.6) is 0 Å². The first-order valence-electron chi connectivity index (χ1n) is 10.0. The monoisotopic (exact) mass is 385 g/mol. The van der Waals surface area contributed by atoms with Crippen LogP contribution in [0.1, 0.15) is 28.8 Å². The number of benzene rings is 2. The van der Waals surface area contributed by atoms with Gasteiger partial charge in [0.2, 0.25) is 5.91 Å². The molecule has 2 aromatic carbocycles. The summed E-state index contributed by atoms with van der Waals surface area (Å²) in [4.78, 5) is 34.2. The number of hydrogen-bond donors (Lipinski definition) is 0. The summed E-state index contributed by atoms with van der Waals surface area (Å²) in [5.74, 6) is 0.155. The Bertz CT molecular complexity index is 1100. The zero-order chi connectivity index (χ0) is 20.0. The van der Waals surface area contributed by atoms with Crippen molar-refractivity contribution in [3.63, 3.8) is 0 Å². The van der Waals surface area contributed by atoms with Crippen molar-refractivity contribution in [1.29, 1.82) is 0 Å². The molecule has 0 N–H and O–H groups in total. The molecule has 2 saturated heterocycles. The molecule has 0 saturated carbocycles. The van der Waals surface area contributed by atoms with E-state index >= 15 is 0 Å². The first-order valence-corrected chi connectivity index (χ1v) is 10.0. The van der Waals surface area contributed by atoms with Crippen molar-refractivity contribution in [2.24, 2.45) is 5.41 Å². The zero-order valence-corrected chi connectivity index (χ0v) is 16.5. The summed E-state index contributed by atoms with van der Waals surface area (Å²) in [5, 5.41) is 0.967. The molecule has 0 unspecified atom stereocenters. The molecule has 2 amide bonds. The van der Waals surface area contributed by atoms with Crippen molar-refractivity contribution in [3.05, 3.63) is 71.9 Å². The van der Waals surface area contributed by atoms with Crippen LogP contribution in [0, 0.1) is 12.3 Å². The third kappa shape index (κ3) is 3.07. The molecule has 0 radical (unpaired) electrons. The number of nitrogens with zero attached hydrogens (tertiary/aromatic N) is 3. The third-order valence-electron chi connectivity index (χ3n) is 6.26. The van der Waals surface area contributed by atoms with E-state index in [1.165, 1.54) is 5.56 Å². The molecule has 2 aliphatic rings. The summed E-state index contributed by atoms with van der Waals surface area (Å²) in [6.45, 7) is 4.01. The average molecular weight is 385 g/mol. The number of carbonyl (C=O) groups is 2.